The number of hydrogen-bond acceptors (Lipinski definition) is 2. The molecule has 0 aliphatic carbocycles. The van der Waals surface area contributed by atoms with Crippen LogP contribution in [0.5, 0.6) is 0 Å². The summed E-state index contributed by atoms with van der Waals surface area (Å²) in [5.74, 6) is 0.00352. The minimum Gasteiger partial charge on any atom is -0.334 e. The summed E-state index contributed by atoms with van der Waals surface area (Å²) < 4.78 is 0. The average Bonchev–Trinajstić information content (AvgIpc) is 2.76. The molecule has 1 aliphatic rings. The van der Waals surface area contributed by atoms with Gasteiger partial charge in [0.2, 0.25) is 0 Å². The van der Waals surface area contributed by atoms with E-state index in [2.05, 4.69) is 18.2 Å². The van der Waals surface area contributed by atoms with Gasteiger partial charge in [-0.25, -0.2) is 0 Å². The molecule has 1 heterocycles. The first-order valence-corrected chi connectivity index (χ1v) is 7.14. The van der Waals surface area contributed by atoms with Crippen molar-refractivity contribution in [1.29, 1.82) is 5.26 Å². The van der Waals surface area contributed by atoms with Crippen LogP contribution >= 0.6 is 0 Å². The van der Waals surface area contributed by atoms with Gasteiger partial charge in [-0.05, 0) is 42.2 Å². The van der Waals surface area contributed by atoms with Crippen molar-refractivity contribution in [3.63, 3.8) is 0 Å². The number of fused-ring (bicyclic) bond motifs is 1. The number of carbonyl (C=O) groups excluding carboxylic acids is 1. The summed E-state index contributed by atoms with van der Waals surface area (Å²) >= 11 is 0. The largest absolute Gasteiger partial charge is 0.334 e. The van der Waals surface area contributed by atoms with E-state index in [1.165, 1.54) is 11.1 Å². The van der Waals surface area contributed by atoms with E-state index in [0.29, 0.717) is 17.7 Å². The highest BCUT2D eigenvalue weighted by molar-refractivity contribution is 5.94. The Balaban J connectivity index is 1.87. The third-order valence-electron chi connectivity index (χ3n) is 3.88. The summed E-state index contributed by atoms with van der Waals surface area (Å²) in [5.41, 5.74) is 3.67. The van der Waals surface area contributed by atoms with E-state index < -0.39 is 0 Å². The summed E-state index contributed by atoms with van der Waals surface area (Å²) in [6, 6.07) is 17.3. The van der Waals surface area contributed by atoms with Gasteiger partial charge in [0.1, 0.15) is 0 Å². The number of carbonyl (C=O) groups is 1. The number of rotatable bonds is 1. The third-order valence-corrected chi connectivity index (χ3v) is 3.88. The van der Waals surface area contributed by atoms with Crippen LogP contribution in [0, 0.1) is 11.3 Å². The van der Waals surface area contributed by atoms with Gasteiger partial charge < -0.3 is 4.90 Å². The summed E-state index contributed by atoms with van der Waals surface area (Å²) in [6.07, 6.45) is 1.99. The zero-order chi connectivity index (χ0) is 14.7. The fourth-order valence-electron chi connectivity index (χ4n) is 2.78. The molecule has 0 aromatic heterocycles. The van der Waals surface area contributed by atoms with Gasteiger partial charge in [0, 0.05) is 18.7 Å². The maximum atomic E-state index is 12.6. The van der Waals surface area contributed by atoms with E-state index in [0.717, 1.165) is 19.4 Å². The standard InChI is InChI=1S/C18H16N2O/c19-12-14-5-3-8-16(11-14)18(21)20-10-4-9-15-6-1-2-7-17(15)13-20/h1-3,5-8,11H,4,9-10,13H2. The van der Waals surface area contributed by atoms with Crippen molar-refractivity contribution in [2.75, 3.05) is 6.54 Å². The van der Waals surface area contributed by atoms with Crippen LogP contribution in [0.4, 0.5) is 0 Å². The number of hydrogen-bond donors (Lipinski definition) is 0. The lowest BCUT2D eigenvalue weighted by atomic mass is 10.0. The third kappa shape index (κ3) is 2.80. The number of nitrogens with zero attached hydrogens (tertiary/aromatic N) is 2. The van der Waals surface area contributed by atoms with Crippen molar-refractivity contribution in [2.45, 2.75) is 19.4 Å². The molecular weight excluding hydrogens is 260 g/mol. The first-order chi connectivity index (χ1) is 10.3. The Labute approximate surface area is 124 Å². The monoisotopic (exact) mass is 276 g/mol. The van der Waals surface area contributed by atoms with Crippen molar-refractivity contribution in [3.8, 4) is 6.07 Å². The number of aryl methyl sites for hydroxylation is 1. The highest BCUT2D eigenvalue weighted by Crippen LogP contribution is 2.20. The van der Waals surface area contributed by atoms with Gasteiger partial charge >= 0.3 is 0 Å². The molecule has 0 N–H and O–H groups in total. The summed E-state index contributed by atoms with van der Waals surface area (Å²) in [4.78, 5) is 14.5. The smallest absolute Gasteiger partial charge is 0.254 e. The van der Waals surface area contributed by atoms with Crippen LogP contribution in [0.25, 0.3) is 0 Å². The number of benzene rings is 2. The summed E-state index contributed by atoms with van der Waals surface area (Å²) in [6.45, 7) is 1.40. The van der Waals surface area contributed by atoms with E-state index in [1.54, 1.807) is 24.3 Å². The SMILES string of the molecule is N#Cc1cccc(C(=O)N2CCCc3ccccc3C2)c1. The minimum absolute atomic E-state index is 0.00352. The molecule has 0 spiro atoms. The minimum atomic E-state index is 0.00352. The van der Waals surface area contributed by atoms with Gasteiger partial charge in [-0.1, -0.05) is 30.3 Å². The van der Waals surface area contributed by atoms with Gasteiger partial charge in [-0.3, -0.25) is 4.79 Å². The Kier molecular flexibility index (Phi) is 3.70. The van der Waals surface area contributed by atoms with Gasteiger partial charge in [0.15, 0.2) is 0 Å². The molecule has 3 heteroatoms. The van der Waals surface area contributed by atoms with Crippen molar-refractivity contribution >= 4 is 5.91 Å². The first-order valence-electron chi connectivity index (χ1n) is 7.14. The maximum absolute atomic E-state index is 12.6. The van der Waals surface area contributed by atoms with E-state index >= 15 is 0 Å². The molecular formula is C18H16N2O. The van der Waals surface area contributed by atoms with Crippen LogP contribution in [-0.2, 0) is 13.0 Å². The summed E-state index contributed by atoms with van der Waals surface area (Å²) in [7, 11) is 0. The molecule has 1 amide bonds. The molecule has 3 rings (SSSR count). The van der Waals surface area contributed by atoms with Crippen LogP contribution in [0.15, 0.2) is 48.5 Å². The lowest BCUT2D eigenvalue weighted by Gasteiger charge is -2.21. The second-order valence-corrected chi connectivity index (χ2v) is 5.29. The zero-order valence-corrected chi connectivity index (χ0v) is 11.7. The predicted molar refractivity (Wildman–Crippen MR) is 80.7 cm³/mol. The van der Waals surface area contributed by atoms with Gasteiger partial charge in [0.05, 0.1) is 11.6 Å². The zero-order valence-electron chi connectivity index (χ0n) is 11.7. The molecule has 0 saturated carbocycles. The van der Waals surface area contributed by atoms with Crippen LogP contribution in [-0.4, -0.2) is 17.4 Å². The molecule has 0 saturated heterocycles. The Morgan fingerprint density at radius 3 is 2.71 bits per heavy atom. The fourth-order valence-corrected chi connectivity index (χ4v) is 2.78. The maximum Gasteiger partial charge on any atom is 0.254 e. The van der Waals surface area contributed by atoms with E-state index in [9.17, 15) is 4.79 Å². The molecule has 104 valence electrons. The topological polar surface area (TPSA) is 44.1 Å². The Morgan fingerprint density at radius 2 is 1.90 bits per heavy atom. The second-order valence-electron chi connectivity index (χ2n) is 5.29. The molecule has 3 nitrogen and oxygen atoms in total. The number of nitriles is 1. The first kappa shape index (κ1) is 13.4. The van der Waals surface area contributed by atoms with E-state index in [1.807, 2.05) is 17.0 Å². The van der Waals surface area contributed by atoms with Crippen molar-refractivity contribution < 1.29 is 4.79 Å². The molecule has 0 atom stereocenters. The molecule has 21 heavy (non-hydrogen) atoms. The molecule has 1 aliphatic heterocycles. The normalized spacial score (nSPS) is 14.0. The molecule has 0 fully saturated rings. The van der Waals surface area contributed by atoms with Crippen LogP contribution in [0.3, 0.4) is 0 Å². The van der Waals surface area contributed by atoms with Crippen molar-refractivity contribution in [3.05, 3.63) is 70.8 Å². The molecule has 0 bridgehead atoms. The van der Waals surface area contributed by atoms with Crippen LogP contribution < -0.4 is 0 Å². The molecule has 2 aromatic rings. The average molecular weight is 276 g/mol. The van der Waals surface area contributed by atoms with E-state index in [-0.39, 0.29) is 5.91 Å². The lowest BCUT2D eigenvalue weighted by Crippen LogP contribution is -2.30. The van der Waals surface area contributed by atoms with Crippen LogP contribution in [0.2, 0.25) is 0 Å². The highest BCUT2D eigenvalue weighted by Gasteiger charge is 2.20. The highest BCUT2D eigenvalue weighted by atomic mass is 16.2. The Hall–Kier alpha value is -2.60. The molecule has 0 unspecified atom stereocenters. The van der Waals surface area contributed by atoms with Gasteiger partial charge in [-0.15, -0.1) is 0 Å². The lowest BCUT2D eigenvalue weighted by molar-refractivity contribution is 0.0746. The second kappa shape index (κ2) is 5.80. The van der Waals surface area contributed by atoms with Crippen molar-refractivity contribution in [1.82, 2.24) is 4.90 Å². The van der Waals surface area contributed by atoms with E-state index in [4.69, 9.17) is 5.26 Å². The molecule has 2 aromatic carbocycles. The number of amides is 1. The predicted octanol–water partition coefficient (Wildman–Crippen LogP) is 3.15. The Bertz CT molecular complexity index is 715. The van der Waals surface area contributed by atoms with Crippen molar-refractivity contribution in [2.24, 2.45) is 0 Å². The van der Waals surface area contributed by atoms with Gasteiger partial charge in [0.25, 0.3) is 5.91 Å². The van der Waals surface area contributed by atoms with Gasteiger partial charge in [-0.2, -0.15) is 5.26 Å². The fraction of sp³-hybridized carbons (Fsp3) is 0.222. The molecule has 0 radical (unpaired) electrons. The summed E-state index contributed by atoms with van der Waals surface area (Å²) in [5, 5.41) is 8.95. The van der Waals surface area contributed by atoms with Crippen LogP contribution in [0.1, 0.15) is 33.5 Å². The Morgan fingerprint density at radius 1 is 1.10 bits per heavy atom. The quantitative estimate of drug-likeness (QED) is 0.803.